The molecular weight excluding hydrogens is 306 g/mol. The summed E-state index contributed by atoms with van der Waals surface area (Å²) in [5.74, 6) is 2.31. The minimum atomic E-state index is 0.0749. The van der Waals surface area contributed by atoms with Gasteiger partial charge in [0.15, 0.2) is 11.5 Å². The number of carbonyl (C=O) groups excluding carboxylic acids is 1. The van der Waals surface area contributed by atoms with E-state index >= 15 is 0 Å². The van der Waals surface area contributed by atoms with Gasteiger partial charge >= 0.3 is 0 Å². The fourth-order valence-electron chi connectivity index (χ4n) is 4.25. The quantitative estimate of drug-likeness (QED) is 0.846. The minimum absolute atomic E-state index is 0.0749. The van der Waals surface area contributed by atoms with E-state index < -0.39 is 0 Å². The molecule has 5 nitrogen and oxygen atoms in total. The fraction of sp³-hybridized carbons (Fsp3) is 0.632. The number of nitrogens with zero attached hydrogens (tertiary/aromatic N) is 1. The molecule has 0 bridgehead atoms. The van der Waals surface area contributed by atoms with Gasteiger partial charge in [-0.2, -0.15) is 0 Å². The molecule has 132 valence electrons. The number of rotatable bonds is 4. The summed E-state index contributed by atoms with van der Waals surface area (Å²) in [5.41, 5.74) is 0.607. The minimum Gasteiger partial charge on any atom is -0.493 e. The maximum absolute atomic E-state index is 13.2. The lowest BCUT2D eigenvalue weighted by molar-refractivity contribution is 0.0390. The highest BCUT2D eigenvalue weighted by Gasteiger charge is 2.36. The highest BCUT2D eigenvalue weighted by atomic mass is 16.5. The monoisotopic (exact) mass is 333 g/mol. The van der Waals surface area contributed by atoms with Crippen LogP contribution in [0.25, 0.3) is 0 Å². The van der Waals surface area contributed by atoms with Crippen LogP contribution in [0.15, 0.2) is 12.1 Å². The van der Waals surface area contributed by atoms with E-state index in [0.29, 0.717) is 34.8 Å². The Morgan fingerprint density at radius 3 is 2.21 bits per heavy atom. The molecule has 1 saturated carbocycles. The predicted molar refractivity (Wildman–Crippen MR) is 92.1 cm³/mol. The van der Waals surface area contributed by atoms with Crippen LogP contribution in [0.2, 0.25) is 0 Å². The molecule has 2 unspecified atom stereocenters. The molecular formula is C19H27NO4. The molecule has 1 aromatic carbocycles. The molecule has 0 radical (unpaired) electrons. The lowest BCUT2D eigenvalue weighted by atomic mass is 9.78. The smallest absolute Gasteiger partial charge is 0.254 e. The molecule has 1 aromatic rings. The average Bonchev–Trinajstić information content (AvgIpc) is 2.65. The van der Waals surface area contributed by atoms with Gasteiger partial charge in [0.25, 0.3) is 5.91 Å². The molecule has 3 rings (SSSR count). The zero-order valence-corrected chi connectivity index (χ0v) is 14.8. The summed E-state index contributed by atoms with van der Waals surface area (Å²) in [6.07, 6.45) is 7.25. The largest absolute Gasteiger partial charge is 0.493 e. The Bertz CT molecular complexity index is 574. The highest BCUT2D eigenvalue weighted by Crippen LogP contribution is 2.40. The summed E-state index contributed by atoms with van der Waals surface area (Å²) in [6, 6.07) is 3.91. The predicted octanol–water partition coefficient (Wildman–Crippen LogP) is 3.51. The Labute approximate surface area is 143 Å². The number of benzene rings is 1. The summed E-state index contributed by atoms with van der Waals surface area (Å²) in [4.78, 5) is 15.2. The van der Waals surface area contributed by atoms with E-state index in [-0.39, 0.29) is 5.91 Å². The zero-order valence-electron chi connectivity index (χ0n) is 14.8. The van der Waals surface area contributed by atoms with Gasteiger partial charge in [0.1, 0.15) is 0 Å². The molecule has 24 heavy (non-hydrogen) atoms. The maximum atomic E-state index is 13.2. The Morgan fingerprint density at radius 1 is 0.958 bits per heavy atom. The van der Waals surface area contributed by atoms with Crippen molar-refractivity contribution in [2.45, 2.75) is 44.6 Å². The van der Waals surface area contributed by atoms with Crippen LogP contribution < -0.4 is 14.2 Å². The first-order valence-electron chi connectivity index (χ1n) is 8.80. The SMILES string of the molecule is COc1cc(C(=O)N2CCCC3CCCCC32)cc(OC)c1OC. The van der Waals surface area contributed by atoms with Gasteiger partial charge in [-0.25, -0.2) is 0 Å². The summed E-state index contributed by atoms with van der Waals surface area (Å²) in [5, 5.41) is 0. The molecule has 1 aliphatic heterocycles. The molecule has 1 aliphatic carbocycles. The van der Waals surface area contributed by atoms with Gasteiger partial charge in [0, 0.05) is 18.2 Å². The van der Waals surface area contributed by atoms with Crippen molar-refractivity contribution in [3.63, 3.8) is 0 Å². The Balaban J connectivity index is 1.91. The van der Waals surface area contributed by atoms with Gasteiger partial charge in [-0.05, 0) is 43.7 Å². The summed E-state index contributed by atoms with van der Waals surface area (Å²) in [6.45, 7) is 0.844. The normalized spacial score (nSPS) is 23.4. The van der Waals surface area contributed by atoms with Gasteiger partial charge in [0.2, 0.25) is 5.75 Å². The van der Waals surface area contributed by atoms with E-state index in [1.165, 1.54) is 25.7 Å². The molecule has 1 heterocycles. The lowest BCUT2D eigenvalue weighted by Gasteiger charge is -2.44. The van der Waals surface area contributed by atoms with E-state index in [1.807, 2.05) is 0 Å². The third-order valence-corrected chi connectivity index (χ3v) is 5.42. The van der Waals surface area contributed by atoms with Crippen LogP contribution in [0.4, 0.5) is 0 Å². The number of hydrogen-bond acceptors (Lipinski definition) is 4. The van der Waals surface area contributed by atoms with E-state index in [1.54, 1.807) is 33.5 Å². The van der Waals surface area contributed by atoms with E-state index in [4.69, 9.17) is 14.2 Å². The van der Waals surface area contributed by atoms with Gasteiger partial charge < -0.3 is 19.1 Å². The van der Waals surface area contributed by atoms with Crippen LogP contribution in [0.5, 0.6) is 17.2 Å². The van der Waals surface area contributed by atoms with Crippen molar-refractivity contribution in [2.75, 3.05) is 27.9 Å². The van der Waals surface area contributed by atoms with Crippen molar-refractivity contribution < 1.29 is 19.0 Å². The van der Waals surface area contributed by atoms with Crippen LogP contribution >= 0.6 is 0 Å². The van der Waals surface area contributed by atoms with Crippen molar-refractivity contribution in [3.8, 4) is 17.2 Å². The zero-order chi connectivity index (χ0) is 17.1. The van der Waals surface area contributed by atoms with Gasteiger partial charge in [-0.3, -0.25) is 4.79 Å². The van der Waals surface area contributed by atoms with Crippen LogP contribution in [0, 0.1) is 5.92 Å². The molecule has 1 saturated heterocycles. The third kappa shape index (κ3) is 3.04. The number of likely N-dealkylation sites (tertiary alicyclic amines) is 1. The van der Waals surface area contributed by atoms with Crippen molar-refractivity contribution in [1.29, 1.82) is 0 Å². The van der Waals surface area contributed by atoms with Gasteiger partial charge in [-0.1, -0.05) is 12.8 Å². The molecule has 2 atom stereocenters. The number of carbonyl (C=O) groups is 1. The summed E-state index contributed by atoms with van der Waals surface area (Å²) in [7, 11) is 4.71. The first-order chi connectivity index (χ1) is 11.7. The Hall–Kier alpha value is -1.91. The van der Waals surface area contributed by atoms with E-state index in [2.05, 4.69) is 4.90 Å². The molecule has 5 heteroatoms. The Morgan fingerprint density at radius 2 is 1.58 bits per heavy atom. The van der Waals surface area contributed by atoms with Crippen molar-refractivity contribution in [3.05, 3.63) is 17.7 Å². The number of piperidine rings is 1. The van der Waals surface area contributed by atoms with Gasteiger partial charge in [-0.15, -0.1) is 0 Å². The molecule has 0 aromatic heterocycles. The van der Waals surface area contributed by atoms with Crippen LogP contribution in [0.1, 0.15) is 48.9 Å². The first-order valence-corrected chi connectivity index (χ1v) is 8.80. The number of fused-ring (bicyclic) bond motifs is 1. The van der Waals surface area contributed by atoms with Crippen LogP contribution in [0.3, 0.4) is 0 Å². The van der Waals surface area contributed by atoms with Crippen LogP contribution in [-0.4, -0.2) is 44.7 Å². The topological polar surface area (TPSA) is 48.0 Å². The molecule has 1 amide bonds. The lowest BCUT2D eigenvalue weighted by Crippen LogP contribution is -2.49. The number of ether oxygens (including phenoxy) is 3. The Kier molecular flexibility index (Phi) is 5.17. The number of amides is 1. The second-order valence-corrected chi connectivity index (χ2v) is 6.67. The maximum Gasteiger partial charge on any atom is 0.254 e. The molecule has 0 N–H and O–H groups in total. The summed E-state index contributed by atoms with van der Waals surface area (Å²) < 4.78 is 16.1. The van der Waals surface area contributed by atoms with Crippen molar-refractivity contribution >= 4 is 5.91 Å². The van der Waals surface area contributed by atoms with Crippen molar-refractivity contribution in [2.24, 2.45) is 5.92 Å². The second kappa shape index (κ2) is 7.32. The fourth-order valence-corrected chi connectivity index (χ4v) is 4.25. The standard InChI is InChI=1S/C19H27NO4/c1-22-16-11-14(12-17(23-2)18(16)24-3)19(21)20-10-6-8-13-7-4-5-9-15(13)20/h11-13,15H,4-10H2,1-3H3. The van der Waals surface area contributed by atoms with Crippen LogP contribution in [-0.2, 0) is 0 Å². The van der Waals surface area contributed by atoms with E-state index in [9.17, 15) is 4.79 Å². The van der Waals surface area contributed by atoms with E-state index in [0.717, 1.165) is 19.4 Å². The second-order valence-electron chi connectivity index (χ2n) is 6.67. The highest BCUT2D eigenvalue weighted by molar-refractivity contribution is 5.96. The number of hydrogen-bond donors (Lipinski definition) is 0. The summed E-state index contributed by atoms with van der Waals surface area (Å²) >= 11 is 0. The average molecular weight is 333 g/mol. The third-order valence-electron chi connectivity index (χ3n) is 5.42. The molecule has 2 fully saturated rings. The van der Waals surface area contributed by atoms with Gasteiger partial charge in [0.05, 0.1) is 21.3 Å². The first kappa shape index (κ1) is 16.9. The number of methoxy groups -OCH3 is 3. The molecule has 2 aliphatic rings. The van der Waals surface area contributed by atoms with Crippen molar-refractivity contribution in [1.82, 2.24) is 4.90 Å². The molecule has 0 spiro atoms.